The minimum atomic E-state index is 0.863. The number of nitrogens with zero attached hydrogens (tertiary/aromatic N) is 2. The van der Waals surface area contributed by atoms with E-state index in [2.05, 4.69) is 45.8 Å². The van der Waals surface area contributed by atoms with Crippen molar-refractivity contribution in [1.29, 1.82) is 0 Å². The highest BCUT2D eigenvalue weighted by Crippen LogP contribution is 1.99. The van der Waals surface area contributed by atoms with Crippen molar-refractivity contribution < 1.29 is 0 Å². The van der Waals surface area contributed by atoms with Gasteiger partial charge in [-0.05, 0) is 19.2 Å². The van der Waals surface area contributed by atoms with Crippen LogP contribution in [0.4, 0.5) is 0 Å². The van der Waals surface area contributed by atoms with Gasteiger partial charge in [0.05, 0.1) is 11.4 Å². The number of rotatable bonds is 0. The van der Waals surface area contributed by atoms with Crippen LogP contribution in [0.5, 0.6) is 0 Å². The van der Waals surface area contributed by atoms with E-state index in [4.69, 9.17) is 0 Å². The molecule has 0 atom stereocenters. The fourth-order valence-corrected chi connectivity index (χ4v) is 1.81. The molecule has 0 saturated heterocycles. The quantitative estimate of drug-likeness (QED) is 0.655. The molecule has 2 heterocycles. The van der Waals surface area contributed by atoms with Crippen LogP contribution < -0.4 is 10.6 Å². The first-order chi connectivity index (χ1) is 7.84. The van der Waals surface area contributed by atoms with Gasteiger partial charge in [0.2, 0.25) is 0 Å². The van der Waals surface area contributed by atoms with Gasteiger partial charge in [-0.25, -0.2) is 0 Å². The Morgan fingerprint density at radius 1 is 1.06 bits per heavy atom. The van der Waals surface area contributed by atoms with Crippen molar-refractivity contribution >= 4 is 0 Å². The summed E-state index contributed by atoms with van der Waals surface area (Å²) >= 11 is 0. The van der Waals surface area contributed by atoms with Gasteiger partial charge in [0.25, 0.3) is 0 Å². The Bertz CT molecular complexity index is 299. The second-order valence-electron chi connectivity index (χ2n) is 4.28. The Balaban J connectivity index is 2.00. The lowest BCUT2D eigenvalue weighted by Gasteiger charge is -2.18. The number of fused-ring (bicyclic) bond motifs is 2. The maximum Gasteiger partial charge on any atom is 0.0545 e. The third-order valence-electron chi connectivity index (χ3n) is 2.82. The molecule has 0 spiro atoms. The molecular formula is C12H20N4. The average Bonchev–Trinajstić information content (AvgIpc) is 2.30. The highest BCUT2D eigenvalue weighted by Gasteiger charge is 2.02. The molecule has 88 valence electrons. The van der Waals surface area contributed by atoms with Crippen LogP contribution in [0.1, 0.15) is 11.4 Å². The monoisotopic (exact) mass is 220 g/mol. The Morgan fingerprint density at radius 2 is 1.62 bits per heavy atom. The number of aromatic nitrogens is 1. The molecule has 0 saturated carbocycles. The van der Waals surface area contributed by atoms with Gasteiger partial charge in [0.1, 0.15) is 0 Å². The molecule has 4 nitrogen and oxygen atoms in total. The predicted octanol–water partition coefficient (Wildman–Crippen LogP) is 0.206. The highest BCUT2D eigenvalue weighted by molar-refractivity contribution is 5.11. The van der Waals surface area contributed by atoms with Crippen LogP contribution in [0.15, 0.2) is 18.2 Å². The summed E-state index contributed by atoms with van der Waals surface area (Å²) in [7, 11) is 2.16. The SMILES string of the molecule is CN1CCNCc2cccc(n2)CNCC1. The summed E-state index contributed by atoms with van der Waals surface area (Å²) in [6, 6.07) is 6.23. The van der Waals surface area contributed by atoms with E-state index in [0.717, 1.165) is 50.7 Å². The largest absolute Gasteiger partial charge is 0.310 e. The maximum atomic E-state index is 4.59. The summed E-state index contributed by atoms with van der Waals surface area (Å²) in [6.45, 7) is 5.93. The minimum Gasteiger partial charge on any atom is -0.310 e. The fraction of sp³-hybridized carbons (Fsp3) is 0.583. The predicted molar refractivity (Wildman–Crippen MR) is 65.1 cm³/mol. The van der Waals surface area contributed by atoms with E-state index in [9.17, 15) is 0 Å². The van der Waals surface area contributed by atoms with Crippen molar-refractivity contribution in [1.82, 2.24) is 20.5 Å². The summed E-state index contributed by atoms with van der Waals surface area (Å²) in [6.07, 6.45) is 0. The molecule has 2 N–H and O–H groups in total. The average molecular weight is 220 g/mol. The lowest BCUT2D eigenvalue weighted by atomic mass is 10.3. The van der Waals surface area contributed by atoms with Crippen LogP contribution in [0.3, 0.4) is 0 Å². The Labute approximate surface area is 97.1 Å². The molecular weight excluding hydrogens is 200 g/mol. The highest BCUT2D eigenvalue weighted by atomic mass is 15.1. The summed E-state index contributed by atoms with van der Waals surface area (Å²) < 4.78 is 0. The molecule has 1 aliphatic heterocycles. The Hall–Kier alpha value is -0.970. The smallest absolute Gasteiger partial charge is 0.0545 e. The second kappa shape index (κ2) is 5.94. The van der Waals surface area contributed by atoms with Crippen LogP contribution in [0.25, 0.3) is 0 Å². The topological polar surface area (TPSA) is 40.2 Å². The van der Waals surface area contributed by atoms with E-state index in [0.29, 0.717) is 0 Å². The molecule has 1 aliphatic rings. The standard InChI is InChI=1S/C12H20N4/c1-16-7-5-13-9-11-3-2-4-12(15-11)10-14-6-8-16/h2-4,13-14H,5-10H2,1H3. The summed E-state index contributed by atoms with van der Waals surface area (Å²) in [5, 5.41) is 6.84. The molecule has 16 heavy (non-hydrogen) atoms. The molecule has 2 bridgehead atoms. The number of pyridine rings is 1. The van der Waals surface area contributed by atoms with Crippen LogP contribution >= 0.6 is 0 Å². The van der Waals surface area contributed by atoms with Gasteiger partial charge < -0.3 is 15.5 Å². The van der Waals surface area contributed by atoms with Gasteiger partial charge in [-0.2, -0.15) is 0 Å². The first-order valence-electron chi connectivity index (χ1n) is 5.89. The number of hydrogen-bond acceptors (Lipinski definition) is 4. The molecule has 1 aromatic rings. The lowest BCUT2D eigenvalue weighted by Crippen LogP contribution is -2.34. The molecule has 1 aromatic heterocycles. The number of likely N-dealkylation sites (N-methyl/N-ethyl adjacent to an activating group) is 1. The van der Waals surface area contributed by atoms with Crippen LogP contribution in [-0.4, -0.2) is 43.1 Å². The van der Waals surface area contributed by atoms with E-state index in [-0.39, 0.29) is 0 Å². The second-order valence-corrected chi connectivity index (χ2v) is 4.28. The van der Waals surface area contributed by atoms with Gasteiger partial charge in [-0.3, -0.25) is 4.98 Å². The molecule has 0 radical (unpaired) electrons. The van der Waals surface area contributed by atoms with Gasteiger partial charge in [0.15, 0.2) is 0 Å². The first-order valence-corrected chi connectivity index (χ1v) is 5.89. The van der Waals surface area contributed by atoms with Crippen molar-refractivity contribution in [2.24, 2.45) is 0 Å². The molecule has 0 unspecified atom stereocenters. The molecule has 0 amide bonds. The van der Waals surface area contributed by atoms with Gasteiger partial charge in [-0.1, -0.05) is 6.07 Å². The molecule has 0 aromatic carbocycles. The molecule has 4 heteroatoms. The van der Waals surface area contributed by atoms with E-state index in [1.165, 1.54) is 0 Å². The van der Waals surface area contributed by atoms with Crippen molar-refractivity contribution in [3.8, 4) is 0 Å². The zero-order valence-electron chi connectivity index (χ0n) is 9.87. The first kappa shape index (κ1) is 11.5. The van der Waals surface area contributed by atoms with E-state index >= 15 is 0 Å². The van der Waals surface area contributed by atoms with Gasteiger partial charge in [0, 0.05) is 39.3 Å². The van der Waals surface area contributed by atoms with Crippen LogP contribution in [0.2, 0.25) is 0 Å². The summed E-state index contributed by atoms with van der Waals surface area (Å²) in [5.41, 5.74) is 2.25. The van der Waals surface area contributed by atoms with Crippen LogP contribution in [-0.2, 0) is 13.1 Å². The van der Waals surface area contributed by atoms with Crippen molar-refractivity contribution in [3.05, 3.63) is 29.6 Å². The van der Waals surface area contributed by atoms with Gasteiger partial charge in [-0.15, -0.1) is 0 Å². The minimum absolute atomic E-state index is 0.863. The van der Waals surface area contributed by atoms with Crippen molar-refractivity contribution in [3.63, 3.8) is 0 Å². The Kier molecular flexibility index (Phi) is 4.27. The van der Waals surface area contributed by atoms with E-state index in [1.807, 2.05) is 0 Å². The Morgan fingerprint density at radius 3 is 2.19 bits per heavy atom. The zero-order valence-corrected chi connectivity index (χ0v) is 9.87. The fourth-order valence-electron chi connectivity index (χ4n) is 1.81. The molecule has 0 fully saturated rings. The maximum absolute atomic E-state index is 4.59. The zero-order chi connectivity index (χ0) is 11.2. The van der Waals surface area contributed by atoms with Crippen molar-refractivity contribution in [2.45, 2.75) is 13.1 Å². The van der Waals surface area contributed by atoms with Gasteiger partial charge >= 0.3 is 0 Å². The van der Waals surface area contributed by atoms with Crippen LogP contribution in [0, 0.1) is 0 Å². The normalized spacial score (nSPS) is 19.8. The number of hydrogen-bond donors (Lipinski definition) is 2. The summed E-state index contributed by atoms with van der Waals surface area (Å²) in [4.78, 5) is 6.92. The third-order valence-corrected chi connectivity index (χ3v) is 2.82. The third kappa shape index (κ3) is 3.56. The summed E-state index contributed by atoms with van der Waals surface area (Å²) in [5.74, 6) is 0. The molecule has 2 rings (SSSR count). The van der Waals surface area contributed by atoms with Crippen molar-refractivity contribution in [2.75, 3.05) is 33.2 Å². The number of nitrogens with one attached hydrogen (secondary N) is 2. The van der Waals surface area contributed by atoms with E-state index < -0.39 is 0 Å². The lowest BCUT2D eigenvalue weighted by molar-refractivity contribution is 0.327. The van der Waals surface area contributed by atoms with E-state index in [1.54, 1.807) is 0 Å². The molecule has 0 aliphatic carbocycles.